The Morgan fingerprint density at radius 3 is 2.88 bits per heavy atom. The molecule has 1 heterocycles. The van der Waals surface area contributed by atoms with E-state index in [1.165, 1.54) is 5.56 Å². The molecule has 0 spiro atoms. The van der Waals surface area contributed by atoms with Gasteiger partial charge in [0, 0.05) is 11.6 Å². The van der Waals surface area contributed by atoms with Crippen molar-refractivity contribution in [3.63, 3.8) is 0 Å². The first-order valence-electron chi connectivity index (χ1n) is 5.72. The number of aryl methyl sites for hydroxylation is 1. The van der Waals surface area contributed by atoms with Crippen molar-refractivity contribution in [2.45, 2.75) is 26.3 Å². The Bertz CT molecular complexity index is 479. The van der Waals surface area contributed by atoms with Crippen LogP contribution in [0.2, 0.25) is 0 Å². The maximum Gasteiger partial charge on any atom is 0.115 e. The summed E-state index contributed by atoms with van der Waals surface area (Å²) in [4.78, 5) is 4.35. The quantitative estimate of drug-likeness (QED) is 0.812. The second-order valence-electron chi connectivity index (χ2n) is 4.07. The van der Waals surface area contributed by atoms with E-state index in [0.717, 1.165) is 22.8 Å². The molecular formula is C13H17N3S. The molecule has 0 aliphatic heterocycles. The van der Waals surface area contributed by atoms with Crippen LogP contribution in [-0.4, -0.2) is 4.98 Å². The smallest absolute Gasteiger partial charge is 0.115 e. The maximum absolute atomic E-state index is 6.00. The van der Waals surface area contributed by atoms with E-state index in [4.69, 9.17) is 5.73 Å². The van der Waals surface area contributed by atoms with Gasteiger partial charge in [0.1, 0.15) is 5.01 Å². The maximum atomic E-state index is 6.00. The summed E-state index contributed by atoms with van der Waals surface area (Å²) < 4.78 is 0. The van der Waals surface area contributed by atoms with Crippen molar-refractivity contribution >= 4 is 22.7 Å². The zero-order valence-corrected chi connectivity index (χ0v) is 10.9. The van der Waals surface area contributed by atoms with Gasteiger partial charge < -0.3 is 11.1 Å². The average Bonchev–Trinajstić information content (AvgIpc) is 2.81. The van der Waals surface area contributed by atoms with Crippen LogP contribution >= 0.6 is 11.3 Å². The highest BCUT2D eigenvalue weighted by Gasteiger charge is 2.12. The Hall–Kier alpha value is -1.55. The molecule has 0 bridgehead atoms. The summed E-state index contributed by atoms with van der Waals surface area (Å²) in [5.41, 5.74) is 8.95. The van der Waals surface area contributed by atoms with Gasteiger partial charge in [0.2, 0.25) is 0 Å². The third-order valence-corrected chi connectivity index (χ3v) is 3.58. The highest BCUT2D eigenvalue weighted by atomic mass is 32.1. The first kappa shape index (κ1) is 11.9. The first-order valence-corrected chi connectivity index (χ1v) is 6.60. The molecule has 90 valence electrons. The molecule has 0 saturated heterocycles. The molecule has 2 aromatic rings. The number of rotatable bonds is 4. The summed E-state index contributed by atoms with van der Waals surface area (Å²) >= 11 is 1.67. The van der Waals surface area contributed by atoms with E-state index < -0.39 is 0 Å². The van der Waals surface area contributed by atoms with Crippen LogP contribution in [0.5, 0.6) is 0 Å². The zero-order valence-electron chi connectivity index (χ0n) is 10.1. The Morgan fingerprint density at radius 2 is 2.29 bits per heavy atom. The van der Waals surface area contributed by atoms with Gasteiger partial charge in [-0.3, -0.25) is 0 Å². The molecule has 0 aliphatic rings. The third kappa shape index (κ3) is 2.77. The molecule has 1 aromatic carbocycles. The lowest BCUT2D eigenvalue weighted by molar-refractivity contribution is 0.742. The first-order chi connectivity index (χ1) is 8.20. The van der Waals surface area contributed by atoms with Crippen molar-refractivity contribution in [3.8, 4) is 0 Å². The molecule has 17 heavy (non-hydrogen) atoms. The van der Waals surface area contributed by atoms with Crippen LogP contribution in [0.15, 0.2) is 29.8 Å². The number of hydrogen-bond donors (Lipinski definition) is 2. The lowest BCUT2D eigenvalue weighted by atomic mass is 10.1. The van der Waals surface area contributed by atoms with Crippen molar-refractivity contribution < 1.29 is 0 Å². The molecule has 1 aromatic heterocycles. The number of nitrogens with two attached hydrogens (primary N) is 1. The molecule has 3 N–H and O–H groups in total. The minimum atomic E-state index is 0.236. The van der Waals surface area contributed by atoms with Gasteiger partial charge >= 0.3 is 0 Å². The van der Waals surface area contributed by atoms with Crippen LogP contribution in [-0.2, 0) is 0 Å². The second kappa shape index (κ2) is 5.19. The van der Waals surface area contributed by atoms with Gasteiger partial charge in [-0.15, -0.1) is 11.3 Å². The molecule has 0 amide bonds. The predicted octanol–water partition coefficient (Wildman–Crippen LogP) is 3.60. The van der Waals surface area contributed by atoms with E-state index in [9.17, 15) is 0 Å². The number of benzene rings is 1. The van der Waals surface area contributed by atoms with Gasteiger partial charge in [0.25, 0.3) is 0 Å². The fourth-order valence-electron chi connectivity index (χ4n) is 1.75. The Morgan fingerprint density at radius 1 is 1.47 bits per heavy atom. The van der Waals surface area contributed by atoms with Gasteiger partial charge in [0.15, 0.2) is 0 Å². The molecule has 1 unspecified atom stereocenters. The molecule has 4 heteroatoms. The lowest BCUT2D eigenvalue weighted by Gasteiger charge is -2.17. The van der Waals surface area contributed by atoms with Crippen LogP contribution < -0.4 is 11.1 Å². The summed E-state index contributed by atoms with van der Waals surface area (Å²) in [5, 5.41) is 6.55. The average molecular weight is 247 g/mol. The van der Waals surface area contributed by atoms with Crippen LogP contribution in [0.1, 0.15) is 30.0 Å². The lowest BCUT2D eigenvalue weighted by Crippen LogP contribution is -2.10. The number of nitrogens with zero attached hydrogens (tertiary/aromatic N) is 1. The molecule has 0 saturated carbocycles. The van der Waals surface area contributed by atoms with E-state index in [1.807, 2.05) is 30.6 Å². The van der Waals surface area contributed by atoms with Crippen LogP contribution in [0.25, 0.3) is 0 Å². The molecule has 2 rings (SSSR count). The summed E-state index contributed by atoms with van der Waals surface area (Å²) in [6, 6.07) is 6.31. The molecule has 0 fully saturated rings. The van der Waals surface area contributed by atoms with E-state index >= 15 is 0 Å². The van der Waals surface area contributed by atoms with E-state index in [0.29, 0.717) is 0 Å². The minimum absolute atomic E-state index is 0.236. The highest BCUT2D eigenvalue weighted by molar-refractivity contribution is 7.09. The standard InChI is InChI=1S/C13H17N3S/c1-3-11(13-15-6-7-17-13)16-12-5-4-9(2)8-10(12)14/h4-8,11,16H,3,14H2,1-2H3. The molecule has 3 nitrogen and oxygen atoms in total. The number of nitrogens with one attached hydrogen (secondary N) is 1. The van der Waals surface area contributed by atoms with E-state index in [-0.39, 0.29) is 6.04 Å². The van der Waals surface area contributed by atoms with Gasteiger partial charge in [-0.2, -0.15) is 0 Å². The summed E-state index contributed by atoms with van der Waals surface area (Å²) in [5.74, 6) is 0. The SMILES string of the molecule is CCC(Nc1ccc(C)cc1N)c1nccs1. The number of hydrogen-bond acceptors (Lipinski definition) is 4. The third-order valence-electron chi connectivity index (χ3n) is 2.69. The summed E-state index contributed by atoms with van der Waals surface area (Å²) in [7, 11) is 0. The fourth-order valence-corrected chi connectivity index (χ4v) is 2.52. The Kier molecular flexibility index (Phi) is 3.64. The predicted molar refractivity (Wildman–Crippen MR) is 74.4 cm³/mol. The number of nitrogen functional groups attached to an aromatic ring is 1. The molecule has 1 atom stereocenters. The van der Waals surface area contributed by atoms with Crippen molar-refractivity contribution in [2.24, 2.45) is 0 Å². The van der Waals surface area contributed by atoms with E-state index in [1.54, 1.807) is 11.3 Å². The number of aromatic nitrogens is 1. The van der Waals surface area contributed by atoms with Crippen LogP contribution in [0, 0.1) is 6.92 Å². The van der Waals surface area contributed by atoms with Gasteiger partial charge in [-0.05, 0) is 31.0 Å². The van der Waals surface area contributed by atoms with E-state index in [2.05, 4.69) is 23.3 Å². The largest absolute Gasteiger partial charge is 0.397 e. The molecule has 0 aliphatic carbocycles. The Labute approximate surface area is 106 Å². The van der Waals surface area contributed by atoms with Gasteiger partial charge in [0.05, 0.1) is 17.4 Å². The monoisotopic (exact) mass is 247 g/mol. The van der Waals surface area contributed by atoms with Crippen molar-refractivity contribution in [3.05, 3.63) is 40.3 Å². The fraction of sp³-hybridized carbons (Fsp3) is 0.308. The number of anilines is 2. The normalized spacial score (nSPS) is 12.4. The second-order valence-corrected chi connectivity index (χ2v) is 4.99. The van der Waals surface area contributed by atoms with Crippen molar-refractivity contribution in [2.75, 3.05) is 11.1 Å². The molecule has 0 radical (unpaired) electrons. The van der Waals surface area contributed by atoms with Gasteiger partial charge in [-0.25, -0.2) is 4.98 Å². The zero-order chi connectivity index (χ0) is 12.3. The minimum Gasteiger partial charge on any atom is -0.397 e. The van der Waals surface area contributed by atoms with Gasteiger partial charge in [-0.1, -0.05) is 13.0 Å². The van der Waals surface area contributed by atoms with Crippen molar-refractivity contribution in [1.82, 2.24) is 4.98 Å². The van der Waals surface area contributed by atoms with Crippen LogP contribution in [0.4, 0.5) is 11.4 Å². The summed E-state index contributed by atoms with van der Waals surface area (Å²) in [6.07, 6.45) is 2.82. The van der Waals surface area contributed by atoms with Crippen LogP contribution in [0.3, 0.4) is 0 Å². The highest BCUT2D eigenvalue weighted by Crippen LogP contribution is 2.27. The molecular weight excluding hydrogens is 230 g/mol. The summed E-state index contributed by atoms with van der Waals surface area (Å²) in [6.45, 7) is 4.18. The topological polar surface area (TPSA) is 50.9 Å². The number of thiazole rings is 1. The Balaban J connectivity index is 2.19. The van der Waals surface area contributed by atoms with Crippen molar-refractivity contribution in [1.29, 1.82) is 0 Å².